The summed E-state index contributed by atoms with van der Waals surface area (Å²) in [4.78, 5) is 36.7. The zero-order valence-electron chi connectivity index (χ0n) is 14.8. The van der Waals surface area contributed by atoms with Gasteiger partial charge in [0.2, 0.25) is 5.91 Å². The van der Waals surface area contributed by atoms with Gasteiger partial charge in [-0.05, 0) is 37.1 Å². The molecular weight excluding hydrogens is 350 g/mol. The van der Waals surface area contributed by atoms with Crippen LogP contribution in [0.15, 0.2) is 42.5 Å². The van der Waals surface area contributed by atoms with Crippen molar-refractivity contribution in [2.24, 2.45) is 0 Å². The number of non-ortho nitro benzene ring substituents is 1. The van der Waals surface area contributed by atoms with Crippen molar-refractivity contribution in [3.05, 3.63) is 58.1 Å². The van der Waals surface area contributed by atoms with Gasteiger partial charge in [-0.25, -0.2) is 0 Å². The summed E-state index contributed by atoms with van der Waals surface area (Å²) >= 11 is 0. The Kier molecular flexibility index (Phi) is 5.35. The summed E-state index contributed by atoms with van der Waals surface area (Å²) in [5.41, 5.74) is 1.09. The average Bonchev–Trinajstić information content (AvgIpc) is 2.68. The highest BCUT2D eigenvalue weighted by Crippen LogP contribution is 2.33. The summed E-state index contributed by atoms with van der Waals surface area (Å²) < 4.78 is 5.35. The van der Waals surface area contributed by atoms with E-state index in [4.69, 9.17) is 4.74 Å². The number of carbonyl (C=O) groups excluding carboxylic acids is 2. The first-order chi connectivity index (χ1) is 13.0. The fourth-order valence-electron chi connectivity index (χ4n) is 3.00. The second-order valence-corrected chi connectivity index (χ2v) is 6.15. The van der Waals surface area contributed by atoms with Gasteiger partial charge in [0.25, 0.3) is 11.6 Å². The largest absolute Gasteiger partial charge is 0.495 e. The smallest absolute Gasteiger partial charge is 0.270 e. The number of hydrogen-bond donors (Lipinski definition) is 1. The van der Waals surface area contributed by atoms with E-state index in [1.165, 1.54) is 31.4 Å². The molecule has 3 rings (SSSR count). The minimum atomic E-state index is -0.551. The Bertz CT molecular complexity index is 897. The molecule has 1 aliphatic rings. The van der Waals surface area contributed by atoms with Gasteiger partial charge in [0.1, 0.15) is 5.75 Å². The molecule has 27 heavy (non-hydrogen) atoms. The molecule has 8 heteroatoms. The third-order valence-corrected chi connectivity index (χ3v) is 4.37. The SMILES string of the molecule is COc1ccc(NC(=O)c2cccc([N+](=O)[O-])c2)cc1N1CCCCC1=O. The molecule has 140 valence electrons. The molecule has 1 heterocycles. The molecule has 8 nitrogen and oxygen atoms in total. The average molecular weight is 369 g/mol. The van der Waals surface area contributed by atoms with Gasteiger partial charge in [0.05, 0.1) is 17.7 Å². The van der Waals surface area contributed by atoms with Crippen LogP contribution in [-0.4, -0.2) is 30.4 Å². The molecule has 2 aromatic carbocycles. The quantitative estimate of drug-likeness (QED) is 0.643. The molecule has 0 atom stereocenters. The van der Waals surface area contributed by atoms with E-state index >= 15 is 0 Å². The molecule has 0 bridgehead atoms. The van der Waals surface area contributed by atoms with Crippen LogP contribution in [0.3, 0.4) is 0 Å². The van der Waals surface area contributed by atoms with Gasteiger partial charge in [-0.15, -0.1) is 0 Å². The van der Waals surface area contributed by atoms with Crippen LogP contribution < -0.4 is 15.0 Å². The Morgan fingerprint density at radius 1 is 1.22 bits per heavy atom. The third kappa shape index (κ3) is 4.05. The van der Waals surface area contributed by atoms with Crippen molar-refractivity contribution >= 4 is 28.9 Å². The molecule has 2 aromatic rings. The van der Waals surface area contributed by atoms with Crippen molar-refractivity contribution in [2.75, 3.05) is 23.9 Å². The second kappa shape index (κ2) is 7.86. The van der Waals surface area contributed by atoms with E-state index in [-0.39, 0.29) is 17.2 Å². The van der Waals surface area contributed by atoms with Gasteiger partial charge in [0.15, 0.2) is 0 Å². The number of piperidine rings is 1. The van der Waals surface area contributed by atoms with E-state index in [1.54, 1.807) is 23.1 Å². The Morgan fingerprint density at radius 2 is 2.04 bits per heavy atom. The highest BCUT2D eigenvalue weighted by molar-refractivity contribution is 6.05. The van der Waals surface area contributed by atoms with E-state index in [1.807, 2.05) is 0 Å². The predicted molar refractivity (Wildman–Crippen MR) is 100 cm³/mol. The van der Waals surface area contributed by atoms with Crippen molar-refractivity contribution < 1.29 is 19.2 Å². The third-order valence-electron chi connectivity index (χ3n) is 4.37. The van der Waals surface area contributed by atoms with Crippen molar-refractivity contribution in [3.8, 4) is 5.75 Å². The lowest BCUT2D eigenvalue weighted by molar-refractivity contribution is -0.384. The molecular formula is C19H19N3O5. The molecule has 0 radical (unpaired) electrons. The first-order valence-corrected chi connectivity index (χ1v) is 8.54. The fourth-order valence-corrected chi connectivity index (χ4v) is 3.00. The number of methoxy groups -OCH3 is 1. The monoisotopic (exact) mass is 369 g/mol. The van der Waals surface area contributed by atoms with Crippen LogP contribution in [0.1, 0.15) is 29.6 Å². The summed E-state index contributed by atoms with van der Waals surface area (Å²) in [6, 6.07) is 10.5. The first-order valence-electron chi connectivity index (χ1n) is 8.54. The topological polar surface area (TPSA) is 102 Å². The Labute approximate surface area is 155 Å². The van der Waals surface area contributed by atoms with Crippen LogP contribution in [0.4, 0.5) is 17.1 Å². The summed E-state index contributed by atoms with van der Waals surface area (Å²) in [5.74, 6) is 0.0834. The van der Waals surface area contributed by atoms with Crippen molar-refractivity contribution in [1.29, 1.82) is 0 Å². The van der Waals surface area contributed by atoms with Crippen LogP contribution in [0.25, 0.3) is 0 Å². The van der Waals surface area contributed by atoms with Crippen LogP contribution in [0.2, 0.25) is 0 Å². The van der Waals surface area contributed by atoms with Crippen LogP contribution in [0, 0.1) is 10.1 Å². The van der Waals surface area contributed by atoms with E-state index in [0.29, 0.717) is 30.1 Å². The lowest BCUT2D eigenvalue weighted by atomic mass is 10.1. The van der Waals surface area contributed by atoms with E-state index in [0.717, 1.165) is 12.8 Å². The first kappa shape index (κ1) is 18.4. The van der Waals surface area contributed by atoms with Gasteiger partial charge in [-0.1, -0.05) is 6.07 Å². The van der Waals surface area contributed by atoms with Crippen LogP contribution >= 0.6 is 0 Å². The Balaban J connectivity index is 1.86. The normalized spacial score (nSPS) is 14.0. The molecule has 1 fully saturated rings. The van der Waals surface area contributed by atoms with Gasteiger partial charge < -0.3 is 15.0 Å². The summed E-state index contributed by atoms with van der Waals surface area (Å²) in [7, 11) is 1.52. The highest BCUT2D eigenvalue weighted by Gasteiger charge is 2.23. The number of nitrogens with one attached hydrogen (secondary N) is 1. The summed E-state index contributed by atoms with van der Waals surface area (Å²) in [6.07, 6.45) is 2.24. The summed E-state index contributed by atoms with van der Waals surface area (Å²) in [6.45, 7) is 0.595. The van der Waals surface area contributed by atoms with Crippen molar-refractivity contribution in [3.63, 3.8) is 0 Å². The number of amides is 2. The maximum atomic E-state index is 12.4. The molecule has 0 saturated carbocycles. The number of hydrogen-bond acceptors (Lipinski definition) is 5. The molecule has 1 N–H and O–H groups in total. The predicted octanol–water partition coefficient (Wildman–Crippen LogP) is 3.37. The Hall–Kier alpha value is -3.42. The molecule has 1 saturated heterocycles. The molecule has 1 aliphatic heterocycles. The summed E-state index contributed by atoms with van der Waals surface area (Å²) in [5, 5.41) is 13.6. The van der Waals surface area contributed by atoms with Crippen molar-refractivity contribution in [1.82, 2.24) is 0 Å². The number of carbonyl (C=O) groups is 2. The molecule has 0 spiro atoms. The minimum Gasteiger partial charge on any atom is -0.495 e. The number of rotatable bonds is 5. The zero-order valence-corrected chi connectivity index (χ0v) is 14.8. The van der Waals surface area contributed by atoms with Crippen LogP contribution in [0.5, 0.6) is 5.75 Å². The number of nitro benzene ring substituents is 1. The molecule has 0 unspecified atom stereocenters. The number of nitrogens with zero attached hydrogens (tertiary/aromatic N) is 2. The maximum Gasteiger partial charge on any atom is 0.270 e. The Morgan fingerprint density at radius 3 is 2.74 bits per heavy atom. The van der Waals surface area contributed by atoms with Crippen LogP contribution in [-0.2, 0) is 4.79 Å². The number of nitro groups is 1. The second-order valence-electron chi connectivity index (χ2n) is 6.15. The zero-order chi connectivity index (χ0) is 19.4. The number of benzene rings is 2. The lowest BCUT2D eigenvalue weighted by Gasteiger charge is -2.28. The highest BCUT2D eigenvalue weighted by atomic mass is 16.6. The molecule has 2 amide bonds. The molecule has 0 aromatic heterocycles. The minimum absolute atomic E-state index is 0.0155. The van der Waals surface area contributed by atoms with E-state index in [2.05, 4.69) is 5.32 Å². The van der Waals surface area contributed by atoms with Crippen molar-refractivity contribution in [2.45, 2.75) is 19.3 Å². The standard InChI is InChI=1S/C19H19N3O5/c1-27-17-9-8-14(12-16(17)21-10-3-2-7-18(21)23)20-19(24)13-5-4-6-15(11-13)22(25)26/h4-6,8-9,11-12H,2-3,7,10H2,1H3,(H,20,24). The molecule has 0 aliphatic carbocycles. The number of ether oxygens (including phenoxy) is 1. The van der Waals surface area contributed by atoms with Gasteiger partial charge >= 0.3 is 0 Å². The lowest BCUT2D eigenvalue weighted by Crippen LogP contribution is -2.35. The van der Waals surface area contributed by atoms with E-state index in [9.17, 15) is 19.7 Å². The number of anilines is 2. The van der Waals surface area contributed by atoms with Gasteiger partial charge in [0, 0.05) is 36.3 Å². The fraction of sp³-hybridized carbons (Fsp3) is 0.263. The van der Waals surface area contributed by atoms with E-state index < -0.39 is 10.8 Å². The van der Waals surface area contributed by atoms with Gasteiger partial charge in [-0.3, -0.25) is 19.7 Å². The maximum absolute atomic E-state index is 12.4. The van der Waals surface area contributed by atoms with Gasteiger partial charge in [-0.2, -0.15) is 0 Å².